The third-order valence-electron chi connectivity index (χ3n) is 4.09. The SMILES string of the molecule is CNc1nc(C)nc(N(C)CC2CCCCC2)c1C. The average molecular weight is 262 g/mol. The molecule has 2 rings (SSSR count). The van der Waals surface area contributed by atoms with E-state index in [1.54, 1.807) is 0 Å². The second-order valence-corrected chi connectivity index (χ2v) is 5.70. The monoisotopic (exact) mass is 262 g/mol. The van der Waals surface area contributed by atoms with Crippen LogP contribution in [0.3, 0.4) is 0 Å². The predicted octanol–water partition coefficient (Wildman–Crippen LogP) is 3.15. The molecule has 106 valence electrons. The molecule has 0 amide bonds. The average Bonchev–Trinajstić information content (AvgIpc) is 2.42. The van der Waals surface area contributed by atoms with Crippen LogP contribution in [0.1, 0.15) is 43.5 Å². The van der Waals surface area contributed by atoms with E-state index in [1.807, 2.05) is 14.0 Å². The van der Waals surface area contributed by atoms with E-state index in [-0.39, 0.29) is 0 Å². The van der Waals surface area contributed by atoms with Crippen LogP contribution < -0.4 is 10.2 Å². The van der Waals surface area contributed by atoms with Gasteiger partial charge < -0.3 is 10.2 Å². The second kappa shape index (κ2) is 6.22. The minimum absolute atomic E-state index is 0.825. The van der Waals surface area contributed by atoms with Gasteiger partial charge in [0.05, 0.1) is 0 Å². The van der Waals surface area contributed by atoms with E-state index in [4.69, 9.17) is 0 Å². The standard InChI is InChI=1S/C15H26N4/c1-11-14(16-3)17-12(2)18-15(11)19(4)10-13-8-6-5-7-9-13/h13H,5-10H2,1-4H3,(H,16,17,18). The van der Waals surface area contributed by atoms with E-state index in [9.17, 15) is 0 Å². The van der Waals surface area contributed by atoms with Gasteiger partial charge in [-0.05, 0) is 32.6 Å². The third-order valence-corrected chi connectivity index (χ3v) is 4.09. The molecular weight excluding hydrogens is 236 g/mol. The van der Waals surface area contributed by atoms with Gasteiger partial charge in [0.15, 0.2) is 0 Å². The van der Waals surface area contributed by atoms with Gasteiger partial charge in [-0.25, -0.2) is 9.97 Å². The first kappa shape index (κ1) is 14.1. The molecule has 4 heteroatoms. The van der Waals surface area contributed by atoms with Crippen LogP contribution in [0.15, 0.2) is 0 Å². The zero-order valence-electron chi connectivity index (χ0n) is 12.7. The molecule has 1 N–H and O–H groups in total. The topological polar surface area (TPSA) is 41.1 Å². The smallest absolute Gasteiger partial charge is 0.137 e. The van der Waals surface area contributed by atoms with Crippen LogP contribution in [-0.4, -0.2) is 30.6 Å². The number of aryl methyl sites for hydroxylation is 1. The molecule has 0 bridgehead atoms. The van der Waals surface area contributed by atoms with Crippen molar-refractivity contribution in [2.45, 2.75) is 46.0 Å². The van der Waals surface area contributed by atoms with Crippen molar-refractivity contribution in [3.05, 3.63) is 11.4 Å². The van der Waals surface area contributed by atoms with Crippen LogP contribution >= 0.6 is 0 Å². The summed E-state index contributed by atoms with van der Waals surface area (Å²) in [6, 6.07) is 0. The molecule has 1 aromatic heterocycles. The molecule has 0 radical (unpaired) electrons. The minimum atomic E-state index is 0.825. The van der Waals surface area contributed by atoms with Gasteiger partial charge in [0.2, 0.25) is 0 Å². The Kier molecular flexibility index (Phi) is 4.61. The number of hydrogen-bond acceptors (Lipinski definition) is 4. The Balaban J connectivity index is 2.13. The molecule has 1 aromatic rings. The van der Waals surface area contributed by atoms with Crippen molar-refractivity contribution >= 4 is 11.6 Å². The highest BCUT2D eigenvalue weighted by Gasteiger charge is 2.18. The van der Waals surface area contributed by atoms with Crippen molar-refractivity contribution in [3.8, 4) is 0 Å². The normalized spacial score (nSPS) is 16.4. The number of nitrogens with one attached hydrogen (secondary N) is 1. The first-order chi connectivity index (χ1) is 9.11. The summed E-state index contributed by atoms with van der Waals surface area (Å²) in [6.07, 6.45) is 6.93. The molecule has 0 atom stereocenters. The van der Waals surface area contributed by atoms with E-state index >= 15 is 0 Å². The Bertz CT molecular complexity index is 424. The molecule has 0 saturated heterocycles. The summed E-state index contributed by atoms with van der Waals surface area (Å²) in [5.74, 6) is 3.67. The second-order valence-electron chi connectivity index (χ2n) is 5.70. The number of hydrogen-bond donors (Lipinski definition) is 1. The molecule has 1 saturated carbocycles. The van der Waals surface area contributed by atoms with Crippen LogP contribution in [0.5, 0.6) is 0 Å². The fourth-order valence-electron chi connectivity index (χ4n) is 3.07. The maximum Gasteiger partial charge on any atom is 0.137 e. The first-order valence-electron chi connectivity index (χ1n) is 7.36. The lowest BCUT2D eigenvalue weighted by Gasteiger charge is -2.29. The highest BCUT2D eigenvalue weighted by atomic mass is 15.2. The maximum absolute atomic E-state index is 4.62. The predicted molar refractivity (Wildman–Crippen MR) is 80.9 cm³/mol. The van der Waals surface area contributed by atoms with Crippen molar-refractivity contribution in [1.82, 2.24) is 9.97 Å². The summed E-state index contributed by atoms with van der Waals surface area (Å²) < 4.78 is 0. The maximum atomic E-state index is 4.62. The van der Waals surface area contributed by atoms with Gasteiger partial charge in [-0.3, -0.25) is 0 Å². The fourth-order valence-corrected chi connectivity index (χ4v) is 3.07. The van der Waals surface area contributed by atoms with Gasteiger partial charge in [-0.15, -0.1) is 0 Å². The first-order valence-corrected chi connectivity index (χ1v) is 7.36. The molecule has 1 heterocycles. The van der Waals surface area contributed by atoms with Gasteiger partial charge in [0.1, 0.15) is 17.5 Å². The number of nitrogens with zero attached hydrogens (tertiary/aromatic N) is 3. The lowest BCUT2D eigenvalue weighted by molar-refractivity contribution is 0.361. The molecule has 1 aliphatic carbocycles. The minimum Gasteiger partial charge on any atom is -0.373 e. The highest BCUT2D eigenvalue weighted by Crippen LogP contribution is 2.27. The zero-order valence-corrected chi connectivity index (χ0v) is 12.7. The number of rotatable bonds is 4. The molecule has 1 aliphatic rings. The van der Waals surface area contributed by atoms with E-state index in [2.05, 4.69) is 34.2 Å². The molecule has 0 unspecified atom stereocenters. The summed E-state index contributed by atoms with van der Waals surface area (Å²) in [5, 5.41) is 3.16. The van der Waals surface area contributed by atoms with Crippen LogP contribution in [0, 0.1) is 19.8 Å². The Morgan fingerprint density at radius 1 is 1.16 bits per heavy atom. The summed E-state index contributed by atoms with van der Waals surface area (Å²) in [4.78, 5) is 11.4. The molecule has 19 heavy (non-hydrogen) atoms. The van der Waals surface area contributed by atoms with Gasteiger partial charge >= 0.3 is 0 Å². The van der Waals surface area contributed by atoms with E-state index < -0.39 is 0 Å². The number of anilines is 2. The third kappa shape index (κ3) is 3.37. The van der Waals surface area contributed by atoms with E-state index in [0.717, 1.165) is 35.5 Å². The summed E-state index contributed by atoms with van der Waals surface area (Å²) in [7, 11) is 4.07. The summed E-state index contributed by atoms with van der Waals surface area (Å²) >= 11 is 0. The lowest BCUT2D eigenvalue weighted by Crippen LogP contribution is -2.28. The van der Waals surface area contributed by atoms with Crippen LogP contribution in [0.2, 0.25) is 0 Å². The molecule has 0 aliphatic heterocycles. The van der Waals surface area contributed by atoms with Gasteiger partial charge in [-0.1, -0.05) is 19.3 Å². The summed E-state index contributed by atoms with van der Waals surface area (Å²) in [5.41, 5.74) is 1.14. The molecule has 0 aromatic carbocycles. The zero-order chi connectivity index (χ0) is 13.8. The Morgan fingerprint density at radius 3 is 2.47 bits per heavy atom. The van der Waals surface area contributed by atoms with Gasteiger partial charge in [-0.2, -0.15) is 0 Å². The van der Waals surface area contributed by atoms with Crippen molar-refractivity contribution in [1.29, 1.82) is 0 Å². The Morgan fingerprint density at radius 2 is 1.84 bits per heavy atom. The Hall–Kier alpha value is -1.32. The van der Waals surface area contributed by atoms with Crippen LogP contribution in [0.4, 0.5) is 11.6 Å². The fraction of sp³-hybridized carbons (Fsp3) is 0.733. The van der Waals surface area contributed by atoms with E-state index in [0.29, 0.717) is 0 Å². The molecule has 4 nitrogen and oxygen atoms in total. The Labute approximate surface area is 116 Å². The van der Waals surface area contributed by atoms with E-state index in [1.165, 1.54) is 32.1 Å². The van der Waals surface area contributed by atoms with Crippen LogP contribution in [-0.2, 0) is 0 Å². The van der Waals surface area contributed by atoms with Gasteiger partial charge in [0.25, 0.3) is 0 Å². The lowest BCUT2D eigenvalue weighted by atomic mass is 9.89. The van der Waals surface area contributed by atoms with Crippen molar-refractivity contribution in [2.24, 2.45) is 5.92 Å². The quantitative estimate of drug-likeness (QED) is 0.905. The van der Waals surface area contributed by atoms with Crippen molar-refractivity contribution < 1.29 is 0 Å². The molecular formula is C15H26N4. The van der Waals surface area contributed by atoms with Gasteiger partial charge in [0, 0.05) is 26.2 Å². The number of aromatic nitrogens is 2. The summed E-state index contributed by atoms with van der Waals surface area (Å²) in [6.45, 7) is 5.16. The van der Waals surface area contributed by atoms with Crippen molar-refractivity contribution in [2.75, 3.05) is 30.9 Å². The largest absolute Gasteiger partial charge is 0.373 e. The molecule has 0 spiro atoms. The molecule has 1 fully saturated rings. The van der Waals surface area contributed by atoms with Crippen LogP contribution in [0.25, 0.3) is 0 Å². The highest BCUT2D eigenvalue weighted by molar-refractivity contribution is 5.58. The van der Waals surface area contributed by atoms with Crippen molar-refractivity contribution in [3.63, 3.8) is 0 Å².